The maximum atomic E-state index is 11.5. The second kappa shape index (κ2) is 9.84. The summed E-state index contributed by atoms with van der Waals surface area (Å²) in [6.07, 6.45) is 5.72. The molecule has 0 saturated carbocycles. The van der Waals surface area contributed by atoms with Gasteiger partial charge in [0.1, 0.15) is 11.5 Å². The molecule has 4 heteroatoms. The van der Waals surface area contributed by atoms with E-state index in [2.05, 4.69) is 70.0 Å². The second-order valence-corrected chi connectivity index (χ2v) is 10.3. The third-order valence-electron chi connectivity index (χ3n) is 6.16. The smallest absolute Gasteiger partial charge is 0.127 e. The molecule has 0 spiro atoms. The summed E-state index contributed by atoms with van der Waals surface area (Å²) in [5, 5.41) is 27.0. The summed E-state index contributed by atoms with van der Waals surface area (Å²) < 4.78 is 2.00. The molecule has 4 aromatic rings. The third-order valence-corrected chi connectivity index (χ3v) is 7.14. The van der Waals surface area contributed by atoms with E-state index in [-0.39, 0.29) is 11.5 Å². The highest BCUT2D eigenvalue weighted by Crippen LogP contribution is 2.48. The van der Waals surface area contributed by atoms with Gasteiger partial charge in [-0.05, 0) is 94.8 Å². The molecular formula is C28H28Br2O2. The minimum Gasteiger partial charge on any atom is -0.507 e. The Balaban J connectivity index is 2.12. The van der Waals surface area contributed by atoms with Gasteiger partial charge in [-0.2, -0.15) is 0 Å². The molecule has 0 amide bonds. The van der Waals surface area contributed by atoms with Crippen LogP contribution in [0.4, 0.5) is 0 Å². The Morgan fingerprint density at radius 3 is 1.41 bits per heavy atom. The zero-order valence-electron chi connectivity index (χ0n) is 18.5. The van der Waals surface area contributed by atoms with E-state index in [4.69, 9.17) is 0 Å². The second-order valence-electron chi connectivity index (χ2n) is 8.46. The molecule has 2 N–H and O–H groups in total. The number of benzene rings is 4. The Kier molecular flexibility index (Phi) is 7.11. The van der Waals surface area contributed by atoms with E-state index >= 15 is 0 Å². The van der Waals surface area contributed by atoms with Gasteiger partial charge in [0, 0.05) is 20.1 Å². The first-order valence-electron chi connectivity index (χ1n) is 11.3. The topological polar surface area (TPSA) is 40.5 Å². The molecule has 0 unspecified atom stereocenters. The molecule has 0 bridgehead atoms. The lowest BCUT2D eigenvalue weighted by atomic mass is 9.87. The molecular weight excluding hydrogens is 528 g/mol. The van der Waals surface area contributed by atoms with Crippen molar-refractivity contribution in [2.45, 2.75) is 52.4 Å². The van der Waals surface area contributed by atoms with Gasteiger partial charge in [0.2, 0.25) is 0 Å². The molecule has 0 saturated heterocycles. The van der Waals surface area contributed by atoms with Crippen LogP contribution in [0.2, 0.25) is 0 Å². The summed E-state index contributed by atoms with van der Waals surface area (Å²) in [6.45, 7) is 4.31. The number of halogens is 2. The largest absolute Gasteiger partial charge is 0.507 e. The lowest BCUT2D eigenvalue weighted by Gasteiger charge is -2.19. The molecule has 0 aliphatic rings. The molecule has 2 nitrogen and oxygen atoms in total. The minimum absolute atomic E-state index is 0.278. The first-order valence-corrected chi connectivity index (χ1v) is 12.9. The Labute approximate surface area is 206 Å². The fourth-order valence-electron chi connectivity index (χ4n) is 4.47. The van der Waals surface area contributed by atoms with E-state index in [0.717, 1.165) is 91.3 Å². The highest BCUT2D eigenvalue weighted by Gasteiger charge is 2.22. The Morgan fingerprint density at radius 2 is 1.03 bits per heavy atom. The maximum absolute atomic E-state index is 11.5. The molecule has 32 heavy (non-hydrogen) atoms. The van der Waals surface area contributed by atoms with Crippen LogP contribution >= 0.6 is 31.9 Å². The van der Waals surface area contributed by atoms with Crippen molar-refractivity contribution < 1.29 is 10.2 Å². The number of rotatable bonds is 7. The van der Waals surface area contributed by atoms with Crippen molar-refractivity contribution in [1.29, 1.82) is 0 Å². The summed E-state index contributed by atoms with van der Waals surface area (Å²) in [4.78, 5) is 0. The lowest BCUT2D eigenvalue weighted by molar-refractivity contribution is 0.462. The van der Waals surface area contributed by atoms with Gasteiger partial charge < -0.3 is 10.2 Å². The summed E-state index contributed by atoms with van der Waals surface area (Å²) in [6, 6.07) is 16.4. The number of hydrogen-bond donors (Lipinski definition) is 2. The first-order chi connectivity index (χ1) is 15.4. The van der Waals surface area contributed by atoms with Gasteiger partial charge in [-0.15, -0.1) is 0 Å². The molecule has 0 aromatic heterocycles. The average Bonchev–Trinajstić information content (AvgIpc) is 2.77. The number of phenols is 2. The van der Waals surface area contributed by atoms with Crippen LogP contribution < -0.4 is 0 Å². The van der Waals surface area contributed by atoms with Crippen LogP contribution in [0.3, 0.4) is 0 Å². The van der Waals surface area contributed by atoms with Crippen LogP contribution in [-0.4, -0.2) is 10.2 Å². The van der Waals surface area contributed by atoms with Crippen molar-refractivity contribution in [3.8, 4) is 22.6 Å². The summed E-state index contributed by atoms with van der Waals surface area (Å²) in [5.41, 5.74) is 3.31. The summed E-state index contributed by atoms with van der Waals surface area (Å²) in [7, 11) is 0. The van der Waals surface area contributed by atoms with Crippen LogP contribution in [0.1, 0.15) is 50.7 Å². The molecule has 0 aliphatic carbocycles. The fraction of sp³-hybridized carbons (Fsp3) is 0.286. The number of aromatic hydroxyl groups is 2. The highest BCUT2D eigenvalue weighted by atomic mass is 79.9. The van der Waals surface area contributed by atoms with E-state index in [0.29, 0.717) is 0 Å². The number of aryl methyl sites for hydroxylation is 2. The van der Waals surface area contributed by atoms with Gasteiger partial charge in [0.05, 0.1) is 0 Å². The first kappa shape index (κ1) is 23.1. The van der Waals surface area contributed by atoms with Crippen molar-refractivity contribution in [1.82, 2.24) is 0 Å². The van der Waals surface area contributed by atoms with Crippen LogP contribution in [0.25, 0.3) is 32.7 Å². The fourth-order valence-corrected chi connectivity index (χ4v) is 5.23. The van der Waals surface area contributed by atoms with Crippen molar-refractivity contribution in [2.24, 2.45) is 0 Å². The number of phenolic OH excluding ortho intramolecular Hbond substituents is 2. The van der Waals surface area contributed by atoms with Gasteiger partial charge in [0.25, 0.3) is 0 Å². The van der Waals surface area contributed by atoms with E-state index in [9.17, 15) is 10.2 Å². The molecule has 4 rings (SSSR count). The Hall–Kier alpha value is -2.04. The quantitative estimate of drug-likeness (QED) is 0.238. The van der Waals surface area contributed by atoms with Crippen molar-refractivity contribution >= 4 is 53.4 Å². The van der Waals surface area contributed by atoms with Gasteiger partial charge in [-0.25, -0.2) is 0 Å². The number of unbranched alkanes of at least 4 members (excludes halogenated alkanes) is 2. The molecule has 0 heterocycles. The standard InChI is InChI=1S/C28H28Br2O2/c1-3-5-7-17-13-19-15-21(29)9-11-23(19)25(27(17)31)26-24-12-10-22(30)16-20(24)14-18(28(26)32)8-6-4-2/h9-16,31-32H,3-8H2,1-2H3. The Bertz CT molecular complexity index is 1190. The summed E-state index contributed by atoms with van der Waals surface area (Å²) >= 11 is 7.19. The van der Waals surface area contributed by atoms with Gasteiger partial charge in [-0.1, -0.05) is 70.7 Å². The average molecular weight is 556 g/mol. The van der Waals surface area contributed by atoms with E-state index in [1.807, 2.05) is 24.3 Å². The van der Waals surface area contributed by atoms with Gasteiger partial charge in [0.15, 0.2) is 0 Å². The van der Waals surface area contributed by atoms with Gasteiger partial charge >= 0.3 is 0 Å². The SMILES string of the molecule is CCCCc1cc2cc(Br)ccc2c(-c2c(O)c(CCCC)cc3cc(Br)ccc23)c1O. The van der Waals surface area contributed by atoms with Crippen LogP contribution in [0.15, 0.2) is 57.5 Å². The molecule has 4 aromatic carbocycles. The van der Waals surface area contributed by atoms with Crippen molar-refractivity contribution in [2.75, 3.05) is 0 Å². The highest BCUT2D eigenvalue weighted by molar-refractivity contribution is 9.10. The maximum Gasteiger partial charge on any atom is 0.127 e. The van der Waals surface area contributed by atoms with Crippen LogP contribution in [0, 0.1) is 0 Å². The monoisotopic (exact) mass is 554 g/mol. The lowest BCUT2D eigenvalue weighted by Crippen LogP contribution is -1.95. The number of fused-ring (bicyclic) bond motifs is 2. The van der Waals surface area contributed by atoms with Crippen molar-refractivity contribution in [3.63, 3.8) is 0 Å². The van der Waals surface area contributed by atoms with Crippen LogP contribution in [0.5, 0.6) is 11.5 Å². The summed E-state index contributed by atoms with van der Waals surface area (Å²) in [5.74, 6) is 0.556. The zero-order chi connectivity index (χ0) is 22.8. The van der Waals surface area contributed by atoms with E-state index in [1.165, 1.54) is 0 Å². The molecule has 0 aliphatic heterocycles. The minimum atomic E-state index is 0.278. The van der Waals surface area contributed by atoms with Crippen molar-refractivity contribution in [3.05, 3.63) is 68.6 Å². The van der Waals surface area contributed by atoms with Gasteiger partial charge in [-0.3, -0.25) is 0 Å². The van der Waals surface area contributed by atoms with Crippen LogP contribution in [-0.2, 0) is 12.8 Å². The molecule has 0 atom stereocenters. The normalized spacial score (nSPS) is 11.5. The predicted molar refractivity (Wildman–Crippen MR) is 143 cm³/mol. The zero-order valence-corrected chi connectivity index (χ0v) is 21.7. The Morgan fingerprint density at radius 1 is 0.625 bits per heavy atom. The van der Waals surface area contributed by atoms with E-state index < -0.39 is 0 Å². The third kappa shape index (κ3) is 4.40. The molecule has 166 valence electrons. The molecule has 0 radical (unpaired) electrons. The number of hydrogen-bond acceptors (Lipinski definition) is 2. The van der Waals surface area contributed by atoms with E-state index in [1.54, 1.807) is 0 Å². The molecule has 0 fully saturated rings. The predicted octanol–water partition coefficient (Wildman–Crippen LogP) is 9.28.